The van der Waals surface area contributed by atoms with Crippen LogP contribution in [0.5, 0.6) is 0 Å². The second kappa shape index (κ2) is 6.93. The topological polar surface area (TPSA) is 103 Å². The van der Waals surface area contributed by atoms with E-state index in [-0.39, 0.29) is 5.91 Å². The van der Waals surface area contributed by atoms with Crippen molar-refractivity contribution in [1.29, 1.82) is 0 Å². The van der Waals surface area contributed by atoms with Crippen LogP contribution in [0.15, 0.2) is 68.0 Å². The van der Waals surface area contributed by atoms with Crippen LogP contribution in [0.2, 0.25) is 0 Å². The molecule has 0 aliphatic rings. The summed E-state index contributed by atoms with van der Waals surface area (Å²) in [6, 6.07) is 7.18. The Kier molecular flexibility index (Phi) is 4.17. The minimum absolute atomic E-state index is 0.215. The Balaban J connectivity index is 1.46. The van der Waals surface area contributed by atoms with Crippen molar-refractivity contribution in [1.82, 2.24) is 39.6 Å². The summed E-state index contributed by atoms with van der Waals surface area (Å²) in [6.07, 6.45) is 11.5. The first-order valence-electron chi connectivity index (χ1n) is 7.83. The molecule has 4 rings (SSSR count). The SMILES string of the molecule is O=C(NCc1cccnc1-n1ccnc1)c1ccc(-n2cnnc2)nc1. The Labute approximate surface area is 148 Å². The predicted octanol–water partition coefficient (Wildman–Crippen LogP) is 1.17. The molecule has 26 heavy (non-hydrogen) atoms. The van der Waals surface area contributed by atoms with E-state index >= 15 is 0 Å². The van der Waals surface area contributed by atoms with E-state index in [0.717, 1.165) is 11.4 Å². The molecule has 1 N–H and O–H groups in total. The van der Waals surface area contributed by atoms with Crippen LogP contribution in [0.4, 0.5) is 0 Å². The monoisotopic (exact) mass is 346 g/mol. The van der Waals surface area contributed by atoms with Gasteiger partial charge in [0.15, 0.2) is 0 Å². The third-order valence-electron chi connectivity index (χ3n) is 3.75. The van der Waals surface area contributed by atoms with Crippen LogP contribution in [0.1, 0.15) is 15.9 Å². The molecule has 0 atom stereocenters. The standard InChI is InChI=1S/C17H14N8O/c26-17(14-3-4-15(20-9-14)25-11-22-23-12-25)21-8-13-2-1-5-19-16(13)24-7-6-18-10-24/h1-7,9-12H,8H2,(H,21,26). The smallest absolute Gasteiger partial charge is 0.253 e. The molecule has 0 fully saturated rings. The normalized spacial score (nSPS) is 10.6. The van der Waals surface area contributed by atoms with Gasteiger partial charge in [-0.05, 0) is 18.2 Å². The van der Waals surface area contributed by atoms with Gasteiger partial charge in [-0.1, -0.05) is 6.07 Å². The molecule has 0 radical (unpaired) electrons. The highest BCUT2D eigenvalue weighted by atomic mass is 16.1. The van der Waals surface area contributed by atoms with Crippen molar-refractivity contribution in [3.05, 3.63) is 79.2 Å². The van der Waals surface area contributed by atoms with Crippen molar-refractivity contribution in [2.45, 2.75) is 6.54 Å². The second-order valence-electron chi connectivity index (χ2n) is 5.41. The Morgan fingerprint density at radius 2 is 1.88 bits per heavy atom. The van der Waals surface area contributed by atoms with Crippen LogP contribution in [-0.4, -0.2) is 40.2 Å². The molecule has 0 spiro atoms. The molecule has 0 saturated heterocycles. The van der Waals surface area contributed by atoms with E-state index in [2.05, 4.69) is 30.5 Å². The lowest BCUT2D eigenvalue weighted by molar-refractivity contribution is 0.0950. The molecule has 9 nitrogen and oxygen atoms in total. The summed E-state index contributed by atoms with van der Waals surface area (Å²) >= 11 is 0. The van der Waals surface area contributed by atoms with Crippen molar-refractivity contribution in [2.24, 2.45) is 0 Å². The quantitative estimate of drug-likeness (QED) is 0.582. The maximum absolute atomic E-state index is 12.4. The molecular formula is C17H14N8O. The number of amides is 1. The number of imidazole rings is 1. The first kappa shape index (κ1) is 15.6. The predicted molar refractivity (Wildman–Crippen MR) is 91.7 cm³/mol. The van der Waals surface area contributed by atoms with Gasteiger partial charge in [0.2, 0.25) is 0 Å². The number of carbonyl (C=O) groups excluding carboxylic acids is 1. The van der Waals surface area contributed by atoms with E-state index in [0.29, 0.717) is 17.9 Å². The third kappa shape index (κ3) is 3.18. The van der Waals surface area contributed by atoms with Crippen LogP contribution < -0.4 is 5.32 Å². The van der Waals surface area contributed by atoms with Gasteiger partial charge in [0, 0.05) is 36.9 Å². The molecule has 9 heteroatoms. The molecule has 0 saturated carbocycles. The second-order valence-corrected chi connectivity index (χ2v) is 5.41. The van der Waals surface area contributed by atoms with Crippen LogP contribution in [-0.2, 0) is 6.54 Å². The van der Waals surface area contributed by atoms with Crippen molar-refractivity contribution >= 4 is 5.91 Å². The summed E-state index contributed by atoms with van der Waals surface area (Å²) in [7, 11) is 0. The first-order valence-corrected chi connectivity index (χ1v) is 7.83. The van der Waals surface area contributed by atoms with Crippen LogP contribution >= 0.6 is 0 Å². The fraction of sp³-hybridized carbons (Fsp3) is 0.0588. The van der Waals surface area contributed by atoms with Gasteiger partial charge in [0.1, 0.15) is 30.6 Å². The molecule has 4 heterocycles. The summed E-state index contributed by atoms with van der Waals surface area (Å²) in [5, 5.41) is 10.3. The van der Waals surface area contributed by atoms with E-state index in [4.69, 9.17) is 0 Å². The third-order valence-corrected chi connectivity index (χ3v) is 3.75. The molecule has 0 aromatic carbocycles. The van der Waals surface area contributed by atoms with Crippen LogP contribution in [0, 0.1) is 0 Å². The molecule has 0 bridgehead atoms. The maximum atomic E-state index is 12.4. The zero-order chi connectivity index (χ0) is 17.8. The minimum atomic E-state index is -0.215. The van der Waals surface area contributed by atoms with E-state index in [1.54, 1.807) is 58.8 Å². The number of hydrogen-bond acceptors (Lipinski definition) is 6. The summed E-state index contributed by atoms with van der Waals surface area (Å²) in [5.41, 5.74) is 1.35. The average molecular weight is 346 g/mol. The molecule has 0 aliphatic heterocycles. The van der Waals surface area contributed by atoms with Gasteiger partial charge in [-0.3, -0.25) is 13.9 Å². The van der Waals surface area contributed by atoms with Gasteiger partial charge in [-0.2, -0.15) is 0 Å². The van der Waals surface area contributed by atoms with E-state index < -0.39 is 0 Å². The van der Waals surface area contributed by atoms with Gasteiger partial charge in [-0.25, -0.2) is 15.0 Å². The molecular weight excluding hydrogens is 332 g/mol. The van der Waals surface area contributed by atoms with E-state index in [9.17, 15) is 4.79 Å². The Hall–Kier alpha value is -3.88. The molecule has 4 aromatic rings. The summed E-state index contributed by atoms with van der Waals surface area (Å²) < 4.78 is 3.46. The average Bonchev–Trinajstić information content (AvgIpc) is 3.40. The lowest BCUT2D eigenvalue weighted by atomic mass is 10.2. The minimum Gasteiger partial charge on any atom is -0.348 e. The number of nitrogens with one attached hydrogen (secondary N) is 1. The van der Waals surface area contributed by atoms with Crippen LogP contribution in [0.3, 0.4) is 0 Å². The zero-order valence-electron chi connectivity index (χ0n) is 13.6. The number of pyridine rings is 2. The highest BCUT2D eigenvalue weighted by Gasteiger charge is 2.10. The van der Waals surface area contributed by atoms with Crippen molar-refractivity contribution < 1.29 is 4.79 Å². The highest BCUT2D eigenvalue weighted by molar-refractivity contribution is 5.93. The maximum Gasteiger partial charge on any atom is 0.253 e. The Morgan fingerprint density at radius 1 is 1.00 bits per heavy atom. The summed E-state index contributed by atoms with van der Waals surface area (Å²) in [5.74, 6) is 1.15. The molecule has 0 aliphatic carbocycles. The molecule has 128 valence electrons. The molecule has 4 aromatic heterocycles. The number of hydrogen-bond donors (Lipinski definition) is 1. The van der Waals surface area contributed by atoms with E-state index in [1.807, 2.05) is 12.1 Å². The molecule has 1 amide bonds. The fourth-order valence-corrected chi connectivity index (χ4v) is 2.45. The van der Waals surface area contributed by atoms with Crippen LogP contribution in [0.25, 0.3) is 11.6 Å². The highest BCUT2D eigenvalue weighted by Crippen LogP contribution is 2.11. The summed E-state index contributed by atoms with van der Waals surface area (Å²) in [6.45, 7) is 0.341. The number of nitrogens with zero attached hydrogens (tertiary/aromatic N) is 7. The van der Waals surface area contributed by atoms with Gasteiger partial charge in [-0.15, -0.1) is 10.2 Å². The van der Waals surface area contributed by atoms with Crippen molar-refractivity contribution in [2.75, 3.05) is 0 Å². The van der Waals surface area contributed by atoms with Gasteiger partial charge >= 0.3 is 0 Å². The Morgan fingerprint density at radius 3 is 2.62 bits per heavy atom. The molecule has 0 unspecified atom stereocenters. The number of rotatable bonds is 5. The Bertz CT molecular complexity index is 994. The number of carbonyl (C=O) groups is 1. The van der Waals surface area contributed by atoms with E-state index in [1.165, 1.54) is 6.20 Å². The zero-order valence-corrected chi connectivity index (χ0v) is 13.6. The summed E-state index contributed by atoms with van der Waals surface area (Å²) in [4.78, 5) is 25.0. The largest absolute Gasteiger partial charge is 0.348 e. The lowest BCUT2D eigenvalue weighted by Gasteiger charge is -2.10. The lowest BCUT2D eigenvalue weighted by Crippen LogP contribution is -2.24. The number of aromatic nitrogens is 7. The van der Waals surface area contributed by atoms with Crippen molar-refractivity contribution in [3.8, 4) is 11.6 Å². The van der Waals surface area contributed by atoms with Gasteiger partial charge in [0.25, 0.3) is 5.91 Å². The van der Waals surface area contributed by atoms with Gasteiger partial charge in [0.05, 0.1) is 5.56 Å². The van der Waals surface area contributed by atoms with Crippen molar-refractivity contribution in [3.63, 3.8) is 0 Å². The fourth-order valence-electron chi connectivity index (χ4n) is 2.45. The first-order chi connectivity index (χ1) is 12.8. The van der Waals surface area contributed by atoms with Gasteiger partial charge < -0.3 is 5.32 Å².